The quantitative estimate of drug-likeness (QED) is 0.786. The van der Waals surface area contributed by atoms with Gasteiger partial charge in [-0.05, 0) is 32.0 Å². The molecule has 0 saturated heterocycles. The molecule has 1 unspecified atom stereocenters. The van der Waals surface area contributed by atoms with Crippen LogP contribution in [0.25, 0.3) is 0 Å². The van der Waals surface area contributed by atoms with E-state index in [1.165, 1.54) is 0 Å². The minimum atomic E-state index is -0.0477. The molecule has 5 nitrogen and oxygen atoms in total. The number of ether oxygens (including phenoxy) is 1. The molecule has 0 aliphatic heterocycles. The van der Waals surface area contributed by atoms with E-state index in [1.807, 2.05) is 56.3 Å². The van der Waals surface area contributed by atoms with E-state index in [1.54, 1.807) is 6.07 Å². The molecule has 2 N–H and O–H groups in total. The summed E-state index contributed by atoms with van der Waals surface area (Å²) in [6, 6.07) is 15.4. The van der Waals surface area contributed by atoms with E-state index < -0.39 is 0 Å². The van der Waals surface area contributed by atoms with Crippen molar-refractivity contribution in [2.45, 2.75) is 26.3 Å². The van der Waals surface area contributed by atoms with E-state index in [9.17, 15) is 4.79 Å². The molecule has 0 saturated carbocycles. The lowest BCUT2D eigenvalue weighted by Crippen LogP contribution is -2.38. The highest BCUT2D eigenvalue weighted by atomic mass is 16.5. The molecule has 0 spiro atoms. The van der Waals surface area contributed by atoms with Crippen LogP contribution in [0.2, 0.25) is 0 Å². The third kappa shape index (κ3) is 5.98. The first-order valence-electron chi connectivity index (χ1n) is 7.84. The van der Waals surface area contributed by atoms with Gasteiger partial charge in [0.2, 0.25) is 11.8 Å². The van der Waals surface area contributed by atoms with Crippen LogP contribution in [-0.2, 0) is 11.2 Å². The Balaban J connectivity index is 1.78. The topological polar surface area (TPSA) is 63.2 Å². The number of pyridine rings is 1. The average Bonchev–Trinajstić information content (AvgIpc) is 2.54. The van der Waals surface area contributed by atoms with Crippen molar-refractivity contribution < 1.29 is 9.53 Å². The zero-order valence-corrected chi connectivity index (χ0v) is 13.6. The number of benzene rings is 1. The van der Waals surface area contributed by atoms with Crippen LogP contribution < -0.4 is 15.4 Å². The number of hydrogen-bond donors (Lipinski definition) is 2. The van der Waals surface area contributed by atoms with Crippen molar-refractivity contribution in [1.29, 1.82) is 0 Å². The number of nitrogens with zero attached hydrogens (tertiary/aromatic N) is 1. The van der Waals surface area contributed by atoms with Gasteiger partial charge < -0.3 is 15.4 Å². The average molecular weight is 313 g/mol. The molecular weight excluding hydrogens is 290 g/mol. The highest BCUT2D eigenvalue weighted by Crippen LogP contribution is 2.08. The zero-order chi connectivity index (χ0) is 16.5. The normalized spacial score (nSPS) is 11.6. The lowest BCUT2D eigenvalue weighted by molar-refractivity contribution is -0.121. The molecule has 0 aliphatic rings. The van der Waals surface area contributed by atoms with Gasteiger partial charge in [-0.15, -0.1) is 0 Å². The zero-order valence-electron chi connectivity index (χ0n) is 13.6. The molecule has 1 heterocycles. The molecule has 1 atom stereocenters. The van der Waals surface area contributed by atoms with Crippen molar-refractivity contribution in [2.75, 3.05) is 18.5 Å². The van der Waals surface area contributed by atoms with Gasteiger partial charge in [0.05, 0.1) is 18.7 Å². The second kappa shape index (κ2) is 8.78. The third-order valence-electron chi connectivity index (χ3n) is 3.21. The molecule has 1 aromatic heterocycles. The van der Waals surface area contributed by atoms with Crippen molar-refractivity contribution in [2.24, 2.45) is 0 Å². The maximum absolute atomic E-state index is 12.1. The van der Waals surface area contributed by atoms with Crippen LogP contribution >= 0.6 is 0 Å². The molecule has 5 heteroatoms. The highest BCUT2D eigenvalue weighted by Gasteiger charge is 2.09. The predicted octanol–water partition coefficient (Wildman–Crippen LogP) is 2.64. The fourth-order valence-electron chi connectivity index (χ4n) is 2.15. The highest BCUT2D eigenvalue weighted by molar-refractivity contribution is 5.78. The number of aromatic nitrogens is 1. The van der Waals surface area contributed by atoms with Gasteiger partial charge in [0.25, 0.3) is 0 Å². The lowest BCUT2D eigenvalue weighted by atomic mass is 10.2. The Morgan fingerprint density at radius 2 is 1.96 bits per heavy atom. The summed E-state index contributed by atoms with van der Waals surface area (Å²) >= 11 is 0. The standard InChI is InChI=1S/C18H23N3O2/c1-3-23-18-11-7-10-16(21-18)12-17(22)20-14(2)13-19-15-8-5-4-6-9-15/h4-11,14,19H,3,12-13H2,1-2H3,(H,20,22). The Bertz CT molecular complexity index is 617. The summed E-state index contributed by atoms with van der Waals surface area (Å²) < 4.78 is 5.34. The Morgan fingerprint density at radius 3 is 2.70 bits per heavy atom. The number of hydrogen-bond acceptors (Lipinski definition) is 4. The van der Waals surface area contributed by atoms with Crippen LogP contribution in [0.5, 0.6) is 5.88 Å². The van der Waals surface area contributed by atoms with Crippen LogP contribution in [0.1, 0.15) is 19.5 Å². The minimum Gasteiger partial charge on any atom is -0.478 e. The summed E-state index contributed by atoms with van der Waals surface area (Å²) in [7, 11) is 0. The van der Waals surface area contributed by atoms with Gasteiger partial charge in [0, 0.05) is 24.3 Å². The molecule has 0 aliphatic carbocycles. The summed E-state index contributed by atoms with van der Waals surface area (Å²) in [5.41, 5.74) is 1.75. The second-order valence-electron chi connectivity index (χ2n) is 5.29. The lowest BCUT2D eigenvalue weighted by Gasteiger charge is -2.15. The molecule has 2 rings (SSSR count). The molecule has 2 aromatic rings. The largest absolute Gasteiger partial charge is 0.478 e. The molecule has 1 aromatic carbocycles. The van der Waals surface area contributed by atoms with E-state index in [0.29, 0.717) is 24.7 Å². The fraction of sp³-hybridized carbons (Fsp3) is 0.333. The fourth-order valence-corrected chi connectivity index (χ4v) is 2.15. The second-order valence-corrected chi connectivity index (χ2v) is 5.29. The Morgan fingerprint density at radius 1 is 1.17 bits per heavy atom. The van der Waals surface area contributed by atoms with Gasteiger partial charge >= 0.3 is 0 Å². The van der Waals surface area contributed by atoms with Crippen LogP contribution in [0.15, 0.2) is 48.5 Å². The van der Waals surface area contributed by atoms with Crippen LogP contribution in [-0.4, -0.2) is 30.1 Å². The first kappa shape index (κ1) is 16.8. The first-order valence-corrected chi connectivity index (χ1v) is 7.84. The number of amides is 1. The summed E-state index contributed by atoms with van der Waals surface area (Å²) in [4.78, 5) is 16.4. The van der Waals surface area contributed by atoms with Crippen molar-refractivity contribution in [3.63, 3.8) is 0 Å². The number of nitrogens with one attached hydrogen (secondary N) is 2. The van der Waals surface area contributed by atoms with E-state index in [4.69, 9.17) is 4.74 Å². The Kier molecular flexibility index (Phi) is 6.41. The van der Waals surface area contributed by atoms with E-state index in [0.717, 1.165) is 5.69 Å². The van der Waals surface area contributed by atoms with E-state index in [-0.39, 0.29) is 18.4 Å². The van der Waals surface area contributed by atoms with Crippen LogP contribution in [0.4, 0.5) is 5.69 Å². The molecule has 23 heavy (non-hydrogen) atoms. The van der Waals surface area contributed by atoms with Gasteiger partial charge in [-0.1, -0.05) is 24.3 Å². The molecule has 0 radical (unpaired) electrons. The monoisotopic (exact) mass is 313 g/mol. The van der Waals surface area contributed by atoms with Crippen molar-refractivity contribution >= 4 is 11.6 Å². The molecule has 0 fully saturated rings. The summed E-state index contributed by atoms with van der Waals surface area (Å²) in [5.74, 6) is 0.505. The van der Waals surface area contributed by atoms with E-state index >= 15 is 0 Å². The third-order valence-corrected chi connectivity index (χ3v) is 3.21. The van der Waals surface area contributed by atoms with Gasteiger partial charge in [-0.25, -0.2) is 4.98 Å². The van der Waals surface area contributed by atoms with Crippen molar-refractivity contribution in [1.82, 2.24) is 10.3 Å². The summed E-state index contributed by atoms with van der Waals surface area (Å²) in [5, 5.41) is 6.26. The molecular formula is C18H23N3O2. The van der Waals surface area contributed by atoms with Gasteiger partial charge in [0.15, 0.2) is 0 Å². The van der Waals surface area contributed by atoms with Gasteiger partial charge in [-0.2, -0.15) is 0 Å². The number of carbonyl (C=O) groups excluding carboxylic acids is 1. The van der Waals surface area contributed by atoms with Crippen molar-refractivity contribution in [3.8, 4) is 5.88 Å². The summed E-state index contributed by atoms with van der Waals surface area (Å²) in [6.07, 6.45) is 0.247. The van der Waals surface area contributed by atoms with Crippen LogP contribution in [0, 0.1) is 0 Å². The smallest absolute Gasteiger partial charge is 0.226 e. The summed E-state index contributed by atoms with van der Waals surface area (Å²) in [6.45, 7) is 5.10. The number of para-hydroxylation sites is 1. The predicted molar refractivity (Wildman–Crippen MR) is 91.6 cm³/mol. The molecule has 1 amide bonds. The number of anilines is 1. The maximum Gasteiger partial charge on any atom is 0.226 e. The Labute approximate surface area is 137 Å². The van der Waals surface area contributed by atoms with Crippen molar-refractivity contribution in [3.05, 3.63) is 54.2 Å². The van der Waals surface area contributed by atoms with Gasteiger partial charge in [-0.3, -0.25) is 4.79 Å². The van der Waals surface area contributed by atoms with Gasteiger partial charge in [0.1, 0.15) is 0 Å². The van der Waals surface area contributed by atoms with Crippen LogP contribution in [0.3, 0.4) is 0 Å². The first-order chi connectivity index (χ1) is 11.2. The number of carbonyl (C=O) groups is 1. The number of rotatable bonds is 8. The minimum absolute atomic E-state index is 0.0257. The maximum atomic E-state index is 12.1. The Hall–Kier alpha value is -2.56. The molecule has 122 valence electrons. The van der Waals surface area contributed by atoms with E-state index in [2.05, 4.69) is 15.6 Å². The molecule has 0 bridgehead atoms. The SMILES string of the molecule is CCOc1cccc(CC(=O)NC(C)CNc2ccccc2)n1.